The minimum atomic E-state index is -0.196. The molecule has 2 rings (SSSR count). The van der Waals surface area contributed by atoms with E-state index >= 15 is 0 Å². The number of benzene rings is 2. The summed E-state index contributed by atoms with van der Waals surface area (Å²) in [4.78, 5) is 27.0. The quantitative estimate of drug-likeness (QED) is 0.833. The van der Waals surface area contributed by atoms with E-state index in [1.807, 2.05) is 37.3 Å². The maximum absolute atomic E-state index is 12.8. The van der Waals surface area contributed by atoms with Gasteiger partial charge in [-0.3, -0.25) is 9.59 Å². The van der Waals surface area contributed by atoms with E-state index in [4.69, 9.17) is 0 Å². The second kappa shape index (κ2) is 9.02. The molecule has 0 aliphatic carbocycles. The Bertz CT molecular complexity index is 713. The molecule has 0 aromatic heterocycles. The van der Waals surface area contributed by atoms with Crippen LogP contribution in [-0.4, -0.2) is 29.8 Å². The lowest BCUT2D eigenvalue weighted by Crippen LogP contribution is -2.35. The maximum atomic E-state index is 12.8. The lowest BCUT2D eigenvalue weighted by molar-refractivity contribution is 0.0777. The Morgan fingerprint density at radius 1 is 1.00 bits per heavy atom. The van der Waals surface area contributed by atoms with E-state index in [9.17, 15) is 9.59 Å². The van der Waals surface area contributed by atoms with Crippen molar-refractivity contribution in [2.75, 3.05) is 7.05 Å². The molecule has 0 saturated heterocycles. The van der Waals surface area contributed by atoms with Crippen molar-refractivity contribution < 1.29 is 9.59 Å². The molecule has 2 aromatic carbocycles. The van der Waals surface area contributed by atoms with Crippen molar-refractivity contribution in [3.63, 3.8) is 0 Å². The molecule has 1 atom stereocenters. The van der Waals surface area contributed by atoms with Crippen molar-refractivity contribution >= 4 is 11.8 Å². The maximum Gasteiger partial charge on any atom is 0.254 e. The third-order valence-corrected chi connectivity index (χ3v) is 4.11. The predicted octanol–water partition coefficient (Wildman–Crippen LogP) is 3.88. The molecular formula is C21H26N2O2. The summed E-state index contributed by atoms with van der Waals surface area (Å²) in [5.74, 6) is -0.351. The summed E-state index contributed by atoms with van der Waals surface area (Å²) in [6.45, 7) is 4.56. The highest BCUT2D eigenvalue weighted by molar-refractivity contribution is 6.07. The smallest absolute Gasteiger partial charge is 0.254 e. The summed E-state index contributed by atoms with van der Waals surface area (Å²) in [5, 5.41) is 2.97. The van der Waals surface area contributed by atoms with Gasteiger partial charge in [0.05, 0.1) is 11.1 Å². The molecular weight excluding hydrogens is 312 g/mol. The van der Waals surface area contributed by atoms with E-state index in [0.717, 1.165) is 18.4 Å². The van der Waals surface area contributed by atoms with Crippen LogP contribution in [0.5, 0.6) is 0 Å². The predicted molar refractivity (Wildman–Crippen MR) is 101 cm³/mol. The zero-order chi connectivity index (χ0) is 18.2. The Morgan fingerprint density at radius 3 is 2.24 bits per heavy atom. The summed E-state index contributed by atoms with van der Waals surface area (Å²) >= 11 is 0. The first-order valence-corrected chi connectivity index (χ1v) is 8.72. The highest BCUT2D eigenvalue weighted by Crippen LogP contribution is 2.14. The van der Waals surface area contributed by atoms with Crippen molar-refractivity contribution in [1.29, 1.82) is 0 Å². The van der Waals surface area contributed by atoms with Crippen LogP contribution in [0.3, 0.4) is 0 Å². The average Bonchev–Trinajstić information content (AvgIpc) is 2.62. The van der Waals surface area contributed by atoms with E-state index in [2.05, 4.69) is 12.2 Å². The fourth-order valence-corrected chi connectivity index (χ4v) is 2.81. The molecule has 0 spiro atoms. The molecule has 132 valence electrons. The number of hydrogen-bond acceptors (Lipinski definition) is 2. The number of carbonyl (C=O) groups excluding carboxylic acids is 2. The number of nitrogens with zero attached hydrogens (tertiary/aromatic N) is 1. The number of nitrogens with one attached hydrogen (secondary N) is 1. The van der Waals surface area contributed by atoms with Gasteiger partial charge in [-0.2, -0.15) is 0 Å². The van der Waals surface area contributed by atoms with Crippen LogP contribution in [0.25, 0.3) is 0 Å². The normalized spacial score (nSPS) is 11.6. The average molecular weight is 338 g/mol. The molecule has 0 fully saturated rings. The number of amides is 2. The molecule has 0 bridgehead atoms. The van der Waals surface area contributed by atoms with Gasteiger partial charge >= 0.3 is 0 Å². The monoisotopic (exact) mass is 338 g/mol. The summed E-state index contributed by atoms with van der Waals surface area (Å²) < 4.78 is 0. The van der Waals surface area contributed by atoms with E-state index < -0.39 is 0 Å². The molecule has 0 heterocycles. The Kier molecular flexibility index (Phi) is 6.75. The van der Waals surface area contributed by atoms with Crippen LogP contribution < -0.4 is 5.32 Å². The fourth-order valence-electron chi connectivity index (χ4n) is 2.81. The SMILES string of the molecule is CCCC(C)NC(=O)c1ccccc1C(=O)N(C)Cc1ccccc1. The summed E-state index contributed by atoms with van der Waals surface area (Å²) in [7, 11) is 1.75. The van der Waals surface area contributed by atoms with Crippen LogP contribution in [0, 0.1) is 0 Å². The van der Waals surface area contributed by atoms with Gasteiger partial charge in [-0.15, -0.1) is 0 Å². The zero-order valence-electron chi connectivity index (χ0n) is 15.2. The minimum absolute atomic E-state index is 0.0858. The standard InChI is InChI=1S/C21H26N2O2/c1-4-10-16(2)22-20(24)18-13-8-9-14-19(18)21(25)23(3)15-17-11-6-5-7-12-17/h5-9,11-14,16H,4,10,15H2,1-3H3,(H,22,24). The van der Waals surface area contributed by atoms with Gasteiger partial charge < -0.3 is 10.2 Å². The Balaban J connectivity index is 2.15. The van der Waals surface area contributed by atoms with Gasteiger partial charge in [0.1, 0.15) is 0 Å². The molecule has 1 unspecified atom stereocenters. The Morgan fingerprint density at radius 2 is 1.60 bits per heavy atom. The molecule has 0 aliphatic rings. The van der Waals surface area contributed by atoms with Crippen molar-refractivity contribution in [1.82, 2.24) is 10.2 Å². The molecule has 4 nitrogen and oxygen atoms in total. The number of rotatable bonds is 7. The van der Waals surface area contributed by atoms with Crippen molar-refractivity contribution in [3.8, 4) is 0 Å². The summed E-state index contributed by atoms with van der Waals surface area (Å²) in [6.07, 6.45) is 1.91. The molecule has 2 amide bonds. The first kappa shape index (κ1) is 18.7. The third-order valence-electron chi connectivity index (χ3n) is 4.11. The first-order valence-electron chi connectivity index (χ1n) is 8.72. The van der Waals surface area contributed by atoms with Crippen LogP contribution in [0.1, 0.15) is 53.0 Å². The lowest BCUT2D eigenvalue weighted by atomic mass is 10.0. The van der Waals surface area contributed by atoms with Gasteiger partial charge in [0.25, 0.3) is 11.8 Å². The molecule has 25 heavy (non-hydrogen) atoms. The largest absolute Gasteiger partial charge is 0.350 e. The van der Waals surface area contributed by atoms with Crippen LogP contribution >= 0.6 is 0 Å². The second-order valence-electron chi connectivity index (χ2n) is 6.36. The summed E-state index contributed by atoms with van der Waals surface area (Å²) in [6, 6.07) is 16.9. The molecule has 0 radical (unpaired) electrons. The van der Waals surface area contributed by atoms with Gasteiger partial charge in [0.2, 0.25) is 0 Å². The van der Waals surface area contributed by atoms with Crippen LogP contribution in [-0.2, 0) is 6.54 Å². The van der Waals surface area contributed by atoms with Crippen molar-refractivity contribution in [2.24, 2.45) is 0 Å². The van der Waals surface area contributed by atoms with Crippen molar-refractivity contribution in [3.05, 3.63) is 71.3 Å². The molecule has 4 heteroatoms. The van der Waals surface area contributed by atoms with Gasteiger partial charge in [0.15, 0.2) is 0 Å². The zero-order valence-corrected chi connectivity index (χ0v) is 15.2. The highest BCUT2D eigenvalue weighted by atomic mass is 16.2. The number of hydrogen-bond donors (Lipinski definition) is 1. The minimum Gasteiger partial charge on any atom is -0.350 e. The number of carbonyl (C=O) groups is 2. The van der Waals surface area contributed by atoms with Crippen LogP contribution in [0.2, 0.25) is 0 Å². The second-order valence-corrected chi connectivity index (χ2v) is 6.36. The molecule has 0 saturated carbocycles. The Hall–Kier alpha value is -2.62. The molecule has 1 N–H and O–H groups in total. The van der Waals surface area contributed by atoms with E-state index in [1.54, 1.807) is 36.2 Å². The molecule has 0 aliphatic heterocycles. The third kappa shape index (κ3) is 5.18. The van der Waals surface area contributed by atoms with Gasteiger partial charge in [-0.05, 0) is 31.0 Å². The van der Waals surface area contributed by atoms with Crippen molar-refractivity contribution in [2.45, 2.75) is 39.3 Å². The Labute approximate surface area is 149 Å². The topological polar surface area (TPSA) is 49.4 Å². The van der Waals surface area contributed by atoms with Gasteiger partial charge in [-0.1, -0.05) is 55.8 Å². The van der Waals surface area contributed by atoms with E-state index in [-0.39, 0.29) is 17.9 Å². The fraction of sp³-hybridized carbons (Fsp3) is 0.333. The first-order chi connectivity index (χ1) is 12.0. The molecule has 2 aromatic rings. The highest BCUT2D eigenvalue weighted by Gasteiger charge is 2.20. The van der Waals surface area contributed by atoms with E-state index in [0.29, 0.717) is 17.7 Å². The van der Waals surface area contributed by atoms with E-state index in [1.165, 1.54) is 0 Å². The van der Waals surface area contributed by atoms with Gasteiger partial charge in [-0.25, -0.2) is 0 Å². The lowest BCUT2D eigenvalue weighted by Gasteiger charge is -2.20. The summed E-state index contributed by atoms with van der Waals surface area (Å²) in [5.41, 5.74) is 1.91. The van der Waals surface area contributed by atoms with Crippen LogP contribution in [0.4, 0.5) is 0 Å². The van der Waals surface area contributed by atoms with Gasteiger partial charge in [0, 0.05) is 19.6 Å². The van der Waals surface area contributed by atoms with Crippen LogP contribution in [0.15, 0.2) is 54.6 Å².